The maximum Gasteiger partial charge on any atom is 0.0562 e. The molecule has 0 heterocycles. The minimum absolute atomic E-state index is 0.106. The first kappa shape index (κ1) is 22.9. The highest BCUT2D eigenvalue weighted by Crippen LogP contribution is 2.15. The summed E-state index contributed by atoms with van der Waals surface area (Å²) in [6.45, 7) is 2.28. The van der Waals surface area contributed by atoms with E-state index in [9.17, 15) is 5.11 Å². The van der Waals surface area contributed by atoms with Crippen LogP contribution in [-0.4, -0.2) is 22.9 Å². The zero-order valence-electron chi connectivity index (χ0n) is 15.9. The summed E-state index contributed by atoms with van der Waals surface area (Å²) in [7, 11) is 0. The molecular formula is C21H44O2. The number of hydrogen-bond acceptors (Lipinski definition) is 2. The Morgan fingerprint density at radius 3 is 1.30 bits per heavy atom. The summed E-state index contributed by atoms with van der Waals surface area (Å²) in [5, 5.41) is 17.7. The Kier molecular flexibility index (Phi) is 19.9. The van der Waals surface area contributed by atoms with Gasteiger partial charge in [-0.25, -0.2) is 0 Å². The van der Waals surface area contributed by atoms with E-state index in [4.69, 9.17) is 5.11 Å². The van der Waals surface area contributed by atoms with Crippen molar-refractivity contribution in [1.29, 1.82) is 0 Å². The van der Waals surface area contributed by atoms with Gasteiger partial charge in [0.2, 0.25) is 0 Å². The van der Waals surface area contributed by atoms with Crippen molar-refractivity contribution in [2.24, 2.45) is 0 Å². The third-order valence-corrected chi connectivity index (χ3v) is 4.85. The van der Waals surface area contributed by atoms with E-state index in [0.29, 0.717) is 6.42 Å². The lowest BCUT2D eigenvalue weighted by Crippen LogP contribution is -2.08. The van der Waals surface area contributed by atoms with Crippen molar-refractivity contribution < 1.29 is 10.2 Å². The third kappa shape index (κ3) is 19.9. The van der Waals surface area contributed by atoms with Gasteiger partial charge in [0, 0.05) is 6.61 Å². The SMILES string of the molecule is C1CCCCCCCCCCC1.CCCCCCC(O)CCO. The van der Waals surface area contributed by atoms with Gasteiger partial charge in [-0.1, -0.05) is 110 Å². The van der Waals surface area contributed by atoms with Crippen molar-refractivity contribution in [2.45, 2.75) is 129 Å². The van der Waals surface area contributed by atoms with Crippen LogP contribution in [0.15, 0.2) is 0 Å². The molecule has 0 amide bonds. The predicted octanol–water partition coefficient (Wildman–Crippen LogP) is 6.38. The van der Waals surface area contributed by atoms with Gasteiger partial charge in [-0.3, -0.25) is 0 Å². The van der Waals surface area contributed by atoms with E-state index in [1.165, 1.54) is 96.3 Å². The average molecular weight is 329 g/mol. The number of aliphatic hydroxyl groups excluding tert-OH is 2. The molecule has 0 saturated heterocycles. The number of unbranched alkanes of at least 4 members (excludes halogenated alkanes) is 3. The monoisotopic (exact) mass is 328 g/mol. The molecule has 1 unspecified atom stereocenters. The topological polar surface area (TPSA) is 40.5 Å². The molecule has 2 nitrogen and oxygen atoms in total. The Labute approximate surface area is 146 Å². The van der Waals surface area contributed by atoms with Crippen LogP contribution >= 0.6 is 0 Å². The molecule has 0 radical (unpaired) electrons. The fourth-order valence-corrected chi connectivity index (χ4v) is 3.22. The fraction of sp³-hybridized carbons (Fsp3) is 1.00. The van der Waals surface area contributed by atoms with Gasteiger partial charge in [-0.05, 0) is 12.8 Å². The lowest BCUT2D eigenvalue weighted by Gasteiger charge is -2.07. The van der Waals surface area contributed by atoms with E-state index >= 15 is 0 Å². The lowest BCUT2D eigenvalue weighted by atomic mass is 10.0. The Morgan fingerprint density at radius 2 is 1.00 bits per heavy atom. The highest BCUT2D eigenvalue weighted by Gasteiger charge is 2.01. The van der Waals surface area contributed by atoms with Crippen LogP contribution in [0.25, 0.3) is 0 Å². The van der Waals surface area contributed by atoms with Gasteiger partial charge in [-0.2, -0.15) is 0 Å². The van der Waals surface area contributed by atoms with E-state index in [2.05, 4.69) is 6.92 Å². The van der Waals surface area contributed by atoms with Gasteiger partial charge in [-0.15, -0.1) is 0 Å². The zero-order chi connectivity index (χ0) is 17.0. The lowest BCUT2D eigenvalue weighted by molar-refractivity contribution is 0.122. The molecule has 0 aromatic carbocycles. The van der Waals surface area contributed by atoms with Crippen molar-refractivity contribution >= 4 is 0 Å². The van der Waals surface area contributed by atoms with Gasteiger partial charge in [0.05, 0.1) is 6.10 Å². The molecule has 1 rings (SSSR count). The summed E-state index contributed by atoms with van der Waals surface area (Å²) in [6.07, 6.45) is 23.9. The molecule has 1 fully saturated rings. The summed E-state index contributed by atoms with van der Waals surface area (Å²) in [5.74, 6) is 0. The molecule has 1 aliphatic carbocycles. The highest BCUT2D eigenvalue weighted by molar-refractivity contribution is 4.54. The molecule has 1 saturated carbocycles. The molecule has 0 aromatic heterocycles. The average Bonchev–Trinajstić information content (AvgIpc) is 2.53. The Balaban J connectivity index is 0.000000423. The first-order valence-corrected chi connectivity index (χ1v) is 10.6. The molecule has 1 aliphatic rings. The minimum atomic E-state index is -0.281. The molecular weight excluding hydrogens is 284 g/mol. The fourth-order valence-electron chi connectivity index (χ4n) is 3.22. The van der Waals surface area contributed by atoms with Crippen LogP contribution < -0.4 is 0 Å². The highest BCUT2D eigenvalue weighted by atomic mass is 16.3. The van der Waals surface area contributed by atoms with Crippen LogP contribution in [0.2, 0.25) is 0 Å². The molecule has 23 heavy (non-hydrogen) atoms. The number of hydrogen-bond donors (Lipinski definition) is 2. The van der Waals surface area contributed by atoms with E-state index in [0.717, 1.165) is 12.8 Å². The van der Waals surface area contributed by atoms with Crippen molar-refractivity contribution in [1.82, 2.24) is 0 Å². The summed E-state index contributed by atoms with van der Waals surface area (Å²) in [4.78, 5) is 0. The zero-order valence-corrected chi connectivity index (χ0v) is 15.9. The van der Waals surface area contributed by atoms with Gasteiger partial charge in [0.1, 0.15) is 0 Å². The number of aliphatic hydroxyl groups is 2. The van der Waals surface area contributed by atoms with Crippen molar-refractivity contribution in [3.05, 3.63) is 0 Å². The van der Waals surface area contributed by atoms with E-state index < -0.39 is 0 Å². The van der Waals surface area contributed by atoms with E-state index in [-0.39, 0.29) is 12.7 Å². The molecule has 0 spiro atoms. The molecule has 1 atom stereocenters. The molecule has 2 heteroatoms. The maximum atomic E-state index is 9.19. The van der Waals surface area contributed by atoms with E-state index in [1.807, 2.05) is 0 Å². The molecule has 0 aliphatic heterocycles. The van der Waals surface area contributed by atoms with Gasteiger partial charge < -0.3 is 10.2 Å². The summed E-state index contributed by atoms with van der Waals surface area (Å²) in [6, 6.07) is 0. The normalized spacial score (nSPS) is 18.9. The molecule has 140 valence electrons. The smallest absolute Gasteiger partial charge is 0.0562 e. The second-order valence-electron chi connectivity index (χ2n) is 7.26. The van der Waals surface area contributed by atoms with Gasteiger partial charge >= 0.3 is 0 Å². The van der Waals surface area contributed by atoms with Crippen LogP contribution in [0, 0.1) is 0 Å². The largest absolute Gasteiger partial charge is 0.396 e. The predicted molar refractivity (Wildman–Crippen MR) is 102 cm³/mol. The van der Waals surface area contributed by atoms with Crippen molar-refractivity contribution in [3.8, 4) is 0 Å². The summed E-state index contributed by atoms with van der Waals surface area (Å²) in [5.41, 5.74) is 0. The second-order valence-corrected chi connectivity index (χ2v) is 7.26. The Hall–Kier alpha value is -0.0800. The van der Waals surface area contributed by atoms with Crippen LogP contribution in [0.5, 0.6) is 0 Å². The summed E-state index contributed by atoms with van der Waals surface area (Å²) < 4.78 is 0. The standard InChI is InChI=1S/C12H24.C9H20O2/c1-2-4-6-8-10-12-11-9-7-5-3-1;1-2-3-4-5-6-9(11)7-8-10/h1-12H2;9-11H,2-8H2,1H3. The van der Waals surface area contributed by atoms with Crippen LogP contribution in [0.1, 0.15) is 122 Å². The van der Waals surface area contributed by atoms with Crippen LogP contribution in [-0.2, 0) is 0 Å². The summed E-state index contributed by atoms with van der Waals surface area (Å²) >= 11 is 0. The molecule has 0 bridgehead atoms. The Bertz CT molecular complexity index is 163. The maximum absolute atomic E-state index is 9.19. The van der Waals surface area contributed by atoms with Crippen molar-refractivity contribution in [3.63, 3.8) is 0 Å². The Morgan fingerprint density at radius 1 is 0.609 bits per heavy atom. The van der Waals surface area contributed by atoms with E-state index in [1.54, 1.807) is 0 Å². The van der Waals surface area contributed by atoms with Crippen molar-refractivity contribution in [2.75, 3.05) is 6.61 Å². The molecule has 2 N–H and O–H groups in total. The first-order valence-electron chi connectivity index (χ1n) is 10.6. The van der Waals surface area contributed by atoms with Crippen LogP contribution in [0.4, 0.5) is 0 Å². The number of rotatable bonds is 7. The third-order valence-electron chi connectivity index (χ3n) is 4.85. The van der Waals surface area contributed by atoms with Gasteiger partial charge in [0.15, 0.2) is 0 Å². The first-order chi connectivity index (χ1) is 11.3. The quantitative estimate of drug-likeness (QED) is 0.532. The van der Waals surface area contributed by atoms with Crippen LogP contribution in [0.3, 0.4) is 0 Å². The second kappa shape index (κ2) is 20.0. The van der Waals surface area contributed by atoms with Gasteiger partial charge in [0.25, 0.3) is 0 Å². The minimum Gasteiger partial charge on any atom is -0.396 e. The molecule has 0 aromatic rings.